The average Bonchev–Trinajstić information content (AvgIpc) is 3.19. The number of nitriles is 1. The molecule has 0 atom stereocenters. The topological polar surface area (TPSA) is 87.5 Å². The molecule has 0 spiro atoms. The Morgan fingerprint density at radius 1 is 1.00 bits per heavy atom. The van der Waals surface area contributed by atoms with Crippen LogP contribution in [0.5, 0.6) is 5.75 Å². The highest BCUT2D eigenvalue weighted by atomic mass is 32.2. The van der Waals surface area contributed by atoms with Crippen LogP contribution < -0.4 is 9.04 Å². The number of carbonyl (C=O) groups excluding carboxylic acids is 1. The number of carbonyl (C=O) groups is 1. The molecule has 0 saturated carbocycles. The second kappa shape index (κ2) is 7.41. The zero-order valence-corrected chi connectivity index (χ0v) is 16.1. The third kappa shape index (κ3) is 3.46. The fourth-order valence-electron chi connectivity index (χ4n) is 3.28. The minimum atomic E-state index is -3.82. The van der Waals surface area contributed by atoms with E-state index in [2.05, 4.69) is 0 Å². The first-order valence-electron chi connectivity index (χ1n) is 8.93. The minimum absolute atomic E-state index is 0.0113. The third-order valence-corrected chi connectivity index (χ3v) is 6.52. The van der Waals surface area contributed by atoms with Crippen LogP contribution in [0.3, 0.4) is 0 Å². The van der Waals surface area contributed by atoms with Crippen molar-refractivity contribution in [3.63, 3.8) is 0 Å². The van der Waals surface area contributed by atoms with E-state index in [9.17, 15) is 13.2 Å². The fraction of sp³-hybridized carbons (Fsp3) is 0.0909. The van der Waals surface area contributed by atoms with E-state index in [1.807, 2.05) is 18.2 Å². The maximum Gasteiger partial charge on any atom is 0.343 e. The van der Waals surface area contributed by atoms with Gasteiger partial charge in [0.15, 0.2) is 0 Å². The molecule has 3 aromatic carbocycles. The molecule has 29 heavy (non-hydrogen) atoms. The minimum Gasteiger partial charge on any atom is -0.422 e. The molecule has 1 aliphatic heterocycles. The van der Waals surface area contributed by atoms with Gasteiger partial charge in [-0.15, -0.1) is 0 Å². The van der Waals surface area contributed by atoms with E-state index in [0.29, 0.717) is 18.7 Å². The van der Waals surface area contributed by atoms with Gasteiger partial charge in [0.2, 0.25) is 0 Å². The number of para-hydroxylation sites is 2. The van der Waals surface area contributed by atoms with Crippen molar-refractivity contribution in [3.05, 3.63) is 89.5 Å². The molecular weight excluding hydrogens is 388 g/mol. The highest BCUT2D eigenvalue weighted by molar-refractivity contribution is 7.92. The van der Waals surface area contributed by atoms with Gasteiger partial charge < -0.3 is 4.74 Å². The summed E-state index contributed by atoms with van der Waals surface area (Å²) in [6.07, 6.45) is 0.641. The van der Waals surface area contributed by atoms with E-state index in [1.165, 1.54) is 40.7 Å². The molecule has 0 amide bonds. The molecule has 0 unspecified atom stereocenters. The lowest BCUT2D eigenvalue weighted by Gasteiger charge is -2.19. The Labute approximate surface area is 168 Å². The van der Waals surface area contributed by atoms with Gasteiger partial charge in [-0.25, -0.2) is 13.2 Å². The van der Waals surface area contributed by atoms with Gasteiger partial charge in [0, 0.05) is 6.54 Å². The number of nitrogens with zero attached hydrogens (tertiary/aromatic N) is 2. The van der Waals surface area contributed by atoms with Gasteiger partial charge in [-0.3, -0.25) is 4.31 Å². The number of anilines is 1. The van der Waals surface area contributed by atoms with Gasteiger partial charge in [-0.05, 0) is 48.4 Å². The van der Waals surface area contributed by atoms with Gasteiger partial charge in [-0.2, -0.15) is 5.26 Å². The molecule has 0 bridgehead atoms. The van der Waals surface area contributed by atoms with Crippen LogP contribution >= 0.6 is 0 Å². The van der Waals surface area contributed by atoms with Crippen LogP contribution in [-0.4, -0.2) is 20.9 Å². The van der Waals surface area contributed by atoms with E-state index in [1.54, 1.807) is 24.3 Å². The molecule has 1 aliphatic rings. The summed E-state index contributed by atoms with van der Waals surface area (Å²) < 4.78 is 33.0. The first-order chi connectivity index (χ1) is 14.0. The van der Waals surface area contributed by atoms with E-state index >= 15 is 0 Å². The number of benzene rings is 3. The zero-order valence-electron chi connectivity index (χ0n) is 15.3. The average molecular weight is 404 g/mol. The molecule has 0 saturated heterocycles. The van der Waals surface area contributed by atoms with Crippen molar-refractivity contribution in [3.8, 4) is 11.8 Å². The standard InChI is InChI=1S/C22H16N2O4S/c23-15-18-7-2-4-11-21(18)28-22(25)17-8-5-9-19(14-17)29(26,27)24-13-12-16-6-1-3-10-20(16)24/h1-11,14H,12-13H2. The fourth-order valence-corrected chi connectivity index (χ4v) is 4.82. The predicted octanol–water partition coefficient (Wildman–Crippen LogP) is 3.53. The number of fused-ring (bicyclic) bond motifs is 1. The van der Waals surface area contributed by atoms with Gasteiger partial charge in [0.1, 0.15) is 11.8 Å². The first-order valence-corrected chi connectivity index (χ1v) is 10.4. The highest BCUT2D eigenvalue weighted by Gasteiger charge is 2.31. The number of esters is 1. The van der Waals surface area contributed by atoms with Crippen LogP contribution in [0.25, 0.3) is 0 Å². The maximum absolute atomic E-state index is 13.2. The summed E-state index contributed by atoms with van der Waals surface area (Å²) in [4.78, 5) is 12.6. The summed E-state index contributed by atoms with van der Waals surface area (Å²) in [5.41, 5.74) is 1.94. The number of rotatable bonds is 4. The van der Waals surface area contributed by atoms with Crippen LogP contribution in [0.1, 0.15) is 21.5 Å². The number of ether oxygens (including phenoxy) is 1. The summed E-state index contributed by atoms with van der Waals surface area (Å²) >= 11 is 0. The quantitative estimate of drug-likeness (QED) is 0.490. The van der Waals surface area contributed by atoms with Crippen molar-refractivity contribution in [2.24, 2.45) is 0 Å². The van der Waals surface area contributed by atoms with Crippen LogP contribution in [0, 0.1) is 11.3 Å². The van der Waals surface area contributed by atoms with Crippen LogP contribution in [-0.2, 0) is 16.4 Å². The molecule has 0 aliphatic carbocycles. The van der Waals surface area contributed by atoms with Crippen LogP contribution in [0.2, 0.25) is 0 Å². The predicted molar refractivity (Wildman–Crippen MR) is 107 cm³/mol. The second-order valence-electron chi connectivity index (χ2n) is 6.48. The molecule has 1 heterocycles. The van der Waals surface area contributed by atoms with Gasteiger partial charge >= 0.3 is 5.97 Å². The monoisotopic (exact) mass is 404 g/mol. The van der Waals surface area contributed by atoms with Crippen molar-refractivity contribution in [1.29, 1.82) is 5.26 Å². The Bertz CT molecular complexity index is 1250. The van der Waals surface area contributed by atoms with E-state index in [-0.39, 0.29) is 21.8 Å². The largest absolute Gasteiger partial charge is 0.422 e. The van der Waals surface area contributed by atoms with E-state index < -0.39 is 16.0 Å². The van der Waals surface area contributed by atoms with Crippen LogP contribution in [0.15, 0.2) is 77.7 Å². The molecule has 7 heteroatoms. The molecular formula is C22H16N2O4S. The third-order valence-electron chi connectivity index (χ3n) is 4.71. The molecule has 3 aromatic rings. The maximum atomic E-state index is 13.2. The SMILES string of the molecule is N#Cc1ccccc1OC(=O)c1cccc(S(=O)(=O)N2CCc3ccccc32)c1. The number of hydrogen-bond donors (Lipinski definition) is 0. The summed E-state index contributed by atoms with van der Waals surface area (Å²) in [6, 6.07) is 21.4. The molecule has 6 nitrogen and oxygen atoms in total. The summed E-state index contributed by atoms with van der Waals surface area (Å²) in [5.74, 6) is -0.603. The molecule has 4 rings (SSSR count). The Kier molecular flexibility index (Phi) is 4.79. The van der Waals surface area contributed by atoms with Gasteiger partial charge in [0.25, 0.3) is 10.0 Å². The summed E-state index contributed by atoms with van der Waals surface area (Å²) in [7, 11) is -3.82. The van der Waals surface area contributed by atoms with Crippen molar-refractivity contribution in [1.82, 2.24) is 0 Å². The smallest absolute Gasteiger partial charge is 0.343 e. The summed E-state index contributed by atoms with van der Waals surface area (Å²) in [6.45, 7) is 0.353. The van der Waals surface area contributed by atoms with Crippen molar-refractivity contribution >= 4 is 21.7 Å². The summed E-state index contributed by atoms with van der Waals surface area (Å²) in [5, 5.41) is 9.13. The second-order valence-corrected chi connectivity index (χ2v) is 8.34. The Morgan fingerprint density at radius 3 is 2.59 bits per heavy atom. The van der Waals surface area contributed by atoms with Crippen molar-refractivity contribution < 1.29 is 17.9 Å². The Hall–Kier alpha value is -3.63. The van der Waals surface area contributed by atoms with Crippen LogP contribution in [0.4, 0.5) is 5.69 Å². The Morgan fingerprint density at radius 2 is 1.76 bits per heavy atom. The van der Waals surface area contributed by atoms with Crippen molar-refractivity contribution in [2.75, 3.05) is 10.8 Å². The van der Waals surface area contributed by atoms with Crippen molar-refractivity contribution in [2.45, 2.75) is 11.3 Å². The normalized spacial score (nSPS) is 12.9. The number of sulfonamides is 1. The lowest BCUT2D eigenvalue weighted by Crippen LogP contribution is -2.29. The molecule has 144 valence electrons. The molecule has 0 aromatic heterocycles. The van der Waals surface area contributed by atoms with E-state index in [0.717, 1.165) is 5.56 Å². The molecule has 0 N–H and O–H groups in total. The van der Waals surface area contributed by atoms with Gasteiger partial charge in [0.05, 0.1) is 21.7 Å². The van der Waals surface area contributed by atoms with Gasteiger partial charge in [-0.1, -0.05) is 36.4 Å². The molecule has 0 fully saturated rings. The first kappa shape index (κ1) is 18.7. The molecule has 0 radical (unpaired) electrons. The number of hydrogen-bond acceptors (Lipinski definition) is 5. The highest BCUT2D eigenvalue weighted by Crippen LogP contribution is 2.32. The Balaban J connectivity index is 1.64. The lowest BCUT2D eigenvalue weighted by atomic mass is 10.2. The zero-order chi connectivity index (χ0) is 20.4. The van der Waals surface area contributed by atoms with E-state index in [4.69, 9.17) is 10.00 Å². The lowest BCUT2D eigenvalue weighted by molar-refractivity contribution is 0.0734.